The average molecular weight is 318 g/mol. The predicted molar refractivity (Wildman–Crippen MR) is 85.7 cm³/mol. The lowest BCUT2D eigenvalue weighted by Crippen LogP contribution is -2.49. The van der Waals surface area contributed by atoms with Gasteiger partial charge < -0.3 is 20.1 Å². The van der Waals surface area contributed by atoms with Crippen LogP contribution in [-0.4, -0.2) is 43.3 Å². The van der Waals surface area contributed by atoms with Gasteiger partial charge in [-0.15, -0.1) is 0 Å². The summed E-state index contributed by atoms with van der Waals surface area (Å²) >= 11 is 0. The van der Waals surface area contributed by atoms with Crippen molar-refractivity contribution in [3.8, 4) is 0 Å². The number of hydrogen-bond acceptors (Lipinski definition) is 4. The fourth-order valence-corrected chi connectivity index (χ4v) is 3.18. The monoisotopic (exact) mass is 318 g/mol. The van der Waals surface area contributed by atoms with Gasteiger partial charge in [0.25, 0.3) is 0 Å². The quantitative estimate of drug-likeness (QED) is 0.839. The molecule has 2 fully saturated rings. The van der Waals surface area contributed by atoms with Crippen molar-refractivity contribution in [1.29, 1.82) is 0 Å². The number of amides is 2. The lowest BCUT2D eigenvalue weighted by molar-refractivity contribution is -0.0877. The number of ether oxygens (including phenoxy) is 2. The molecule has 124 valence electrons. The Kier molecular flexibility index (Phi) is 4.63. The largest absolute Gasteiger partial charge is 0.378 e. The van der Waals surface area contributed by atoms with Crippen LogP contribution in [-0.2, 0) is 9.47 Å². The van der Waals surface area contributed by atoms with Gasteiger partial charge >= 0.3 is 6.03 Å². The van der Waals surface area contributed by atoms with Crippen LogP contribution in [0.4, 0.5) is 10.5 Å². The molecule has 23 heavy (non-hydrogen) atoms. The maximum Gasteiger partial charge on any atom is 0.319 e. The lowest BCUT2D eigenvalue weighted by Gasteiger charge is -2.37. The maximum atomic E-state index is 12.2. The number of hydrogen-bond donors (Lipinski definition) is 2. The summed E-state index contributed by atoms with van der Waals surface area (Å²) in [7, 11) is 0. The summed E-state index contributed by atoms with van der Waals surface area (Å²) in [6.07, 6.45) is 2.45. The number of nitrogens with one attached hydrogen (secondary N) is 2. The molecule has 1 aromatic carbocycles. The van der Waals surface area contributed by atoms with Gasteiger partial charge in [0.05, 0.1) is 12.2 Å². The second-order valence-corrected chi connectivity index (χ2v) is 6.26. The van der Waals surface area contributed by atoms with Crippen molar-refractivity contribution >= 4 is 17.5 Å². The van der Waals surface area contributed by atoms with Crippen LogP contribution in [0, 0.1) is 0 Å². The van der Waals surface area contributed by atoms with Gasteiger partial charge in [0, 0.05) is 36.9 Å². The van der Waals surface area contributed by atoms with E-state index in [-0.39, 0.29) is 23.5 Å². The van der Waals surface area contributed by atoms with E-state index in [1.165, 1.54) is 6.92 Å². The molecule has 6 heteroatoms. The minimum atomic E-state index is -0.258. The van der Waals surface area contributed by atoms with E-state index < -0.39 is 0 Å². The number of ketones is 1. The highest BCUT2D eigenvalue weighted by Gasteiger charge is 2.41. The lowest BCUT2D eigenvalue weighted by atomic mass is 9.90. The maximum absolute atomic E-state index is 12.2. The van der Waals surface area contributed by atoms with E-state index >= 15 is 0 Å². The van der Waals surface area contributed by atoms with Gasteiger partial charge in [-0.3, -0.25) is 4.79 Å². The Balaban J connectivity index is 1.57. The number of Topliss-reactive ketones (excluding diaryl/α,β-unsaturated/α-hetero) is 1. The molecule has 6 nitrogen and oxygen atoms in total. The van der Waals surface area contributed by atoms with Gasteiger partial charge in [0.2, 0.25) is 0 Å². The van der Waals surface area contributed by atoms with Crippen molar-refractivity contribution in [2.24, 2.45) is 0 Å². The molecule has 2 N–H and O–H groups in total. The topological polar surface area (TPSA) is 76.7 Å². The fourth-order valence-electron chi connectivity index (χ4n) is 3.18. The van der Waals surface area contributed by atoms with E-state index in [9.17, 15) is 9.59 Å². The molecule has 1 spiro atoms. The Morgan fingerprint density at radius 2 is 2.17 bits per heavy atom. The summed E-state index contributed by atoms with van der Waals surface area (Å²) in [6.45, 7) is 3.46. The third-order valence-corrected chi connectivity index (χ3v) is 4.42. The summed E-state index contributed by atoms with van der Waals surface area (Å²) in [6, 6.07) is 6.74. The molecular formula is C17H22N2O4. The number of carbonyl (C=O) groups excluding carboxylic acids is 2. The van der Waals surface area contributed by atoms with Gasteiger partial charge in [-0.2, -0.15) is 0 Å². The number of carbonyl (C=O) groups is 2. The molecule has 2 heterocycles. The molecule has 2 amide bonds. The van der Waals surface area contributed by atoms with E-state index in [1.807, 2.05) is 0 Å². The summed E-state index contributed by atoms with van der Waals surface area (Å²) in [5.41, 5.74) is 0.960. The van der Waals surface area contributed by atoms with E-state index in [1.54, 1.807) is 24.3 Å². The van der Waals surface area contributed by atoms with Crippen LogP contribution in [0.25, 0.3) is 0 Å². The molecule has 0 aliphatic carbocycles. The van der Waals surface area contributed by atoms with Crippen molar-refractivity contribution in [2.75, 3.05) is 25.1 Å². The molecule has 0 aromatic heterocycles. The SMILES string of the molecule is CC(=O)c1cccc(NC(=O)N[C@@H]2CCO[C@@]3(CCOC3)C2)c1. The third kappa shape index (κ3) is 3.89. The first-order valence-electron chi connectivity index (χ1n) is 7.97. The molecule has 2 aliphatic rings. The Bertz CT molecular complexity index is 596. The molecule has 2 atom stereocenters. The minimum absolute atomic E-state index is 0.0262. The highest BCUT2D eigenvalue weighted by atomic mass is 16.6. The van der Waals surface area contributed by atoms with Gasteiger partial charge in [-0.1, -0.05) is 12.1 Å². The molecule has 0 saturated carbocycles. The first kappa shape index (κ1) is 16.0. The van der Waals surface area contributed by atoms with Gasteiger partial charge in [0.1, 0.15) is 0 Å². The second kappa shape index (κ2) is 6.68. The van der Waals surface area contributed by atoms with E-state index in [0.717, 1.165) is 25.9 Å². The molecule has 0 radical (unpaired) electrons. The predicted octanol–water partition coefficient (Wildman–Crippen LogP) is 2.35. The van der Waals surface area contributed by atoms with E-state index in [2.05, 4.69) is 10.6 Å². The zero-order valence-corrected chi connectivity index (χ0v) is 13.3. The first-order valence-corrected chi connectivity index (χ1v) is 7.97. The average Bonchev–Trinajstić information content (AvgIpc) is 2.95. The molecule has 1 aromatic rings. The standard InChI is InChI=1S/C17H22N2O4/c1-12(20)13-3-2-4-14(9-13)18-16(21)19-15-5-7-23-17(10-15)6-8-22-11-17/h2-4,9,15H,5-8,10-11H2,1H3,(H2,18,19,21)/t15-,17+/m1/s1. The van der Waals surface area contributed by atoms with Crippen molar-refractivity contribution in [2.45, 2.75) is 37.8 Å². The Morgan fingerprint density at radius 3 is 2.91 bits per heavy atom. The van der Waals surface area contributed by atoms with E-state index in [4.69, 9.17) is 9.47 Å². The minimum Gasteiger partial charge on any atom is -0.378 e. The Hall–Kier alpha value is -1.92. The fraction of sp³-hybridized carbons (Fsp3) is 0.529. The Labute approximate surface area is 135 Å². The third-order valence-electron chi connectivity index (χ3n) is 4.42. The molecule has 2 saturated heterocycles. The van der Waals surface area contributed by atoms with Crippen LogP contribution < -0.4 is 10.6 Å². The highest BCUT2D eigenvalue weighted by Crippen LogP contribution is 2.32. The van der Waals surface area contributed by atoms with Crippen LogP contribution in [0.15, 0.2) is 24.3 Å². The summed E-state index contributed by atoms with van der Waals surface area (Å²) in [5.74, 6) is -0.0262. The van der Waals surface area contributed by atoms with Crippen molar-refractivity contribution < 1.29 is 19.1 Å². The van der Waals surface area contributed by atoms with Crippen LogP contribution in [0.3, 0.4) is 0 Å². The zero-order valence-electron chi connectivity index (χ0n) is 13.3. The summed E-state index contributed by atoms with van der Waals surface area (Å²) < 4.78 is 11.3. The van der Waals surface area contributed by atoms with Crippen molar-refractivity contribution in [1.82, 2.24) is 5.32 Å². The Morgan fingerprint density at radius 1 is 1.30 bits per heavy atom. The van der Waals surface area contributed by atoms with Gasteiger partial charge in [0.15, 0.2) is 5.78 Å². The second-order valence-electron chi connectivity index (χ2n) is 6.26. The first-order chi connectivity index (χ1) is 11.1. The zero-order chi connectivity index (χ0) is 16.3. The summed E-state index contributed by atoms with van der Waals surface area (Å²) in [4.78, 5) is 23.6. The van der Waals surface area contributed by atoms with Crippen LogP contribution in [0.1, 0.15) is 36.5 Å². The van der Waals surface area contributed by atoms with Crippen molar-refractivity contribution in [3.63, 3.8) is 0 Å². The summed E-state index contributed by atoms with van der Waals surface area (Å²) in [5, 5.41) is 5.79. The van der Waals surface area contributed by atoms with Crippen LogP contribution >= 0.6 is 0 Å². The molecular weight excluding hydrogens is 296 g/mol. The molecule has 0 unspecified atom stereocenters. The molecule has 0 bridgehead atoms. The highest BCUT2D eigenvalue weighted by molar-refractivity contribution is 5.96. The number of anilines is 1. The van der Waals surface area contributed by atoms with Crippen LogP contribution in [0.5, 0.6) is 0 Å². The van der Waals surface area contributed by atoms with Crippen molar-refractivity contribution in [3.05, 3.63) is 29.8 Å². The molecule has 2 aliphatic heterocycles. The normalized spacial score (nSPS) is 26.9. The van der Waals surface area contributed by atoms with Gasteiger partial charge in [-0.05, 0) is 31.9 Å². The molecule has 3 rings (SSSR count). The van der Waals surface area contributed by atoms with Gasteiger partial charge in [-0.25, -0.2) is 4.79 Å². The smallest absolute Gasteiger partial charge is 0.319 e. The number of urea groups is 1. The number of benzene rings is 1. The number of rotatable bonds is 3. The van der Waals surface area contributed by atoms with Crippen LogP contribution in [0.2, 0.25) is 0 Å². The van der Waals surface area contributed by atoms with E-state index in [0.29, 0.717) is 24.5 Å².